The second-order valence-corrected chi connectivity index (χ2v) is 33.3. The van der Waals surface area contributed by atoms with Crippen LogP contribution in [0.2, 0.25) is 0 Å². The van der Waals surface area contributed by atoms with Crippen molar-refractivity contribution in [3.05, 3.63) is 83.4 Å². The number of unbranched alkanes of at least 4 members (excludes halogenated alkanes) is 4. The Morgan fingerprint density at radius 2 is 0.932 bits per heavy atom. The zero-order valence-corrected chi connectivity index (χ0v) is 76.3. The van der Waals surface area contributed by atoms with Crippen molar-refractivity contribution >= 4 is 78.5 Å². The van der Waals surface area contributed by atoms with Crippen molar-refractivity contribution < 1.29 is 145 Å². The highest BCUT2D eigenvalue weighted by Crippen LogP contribution is 2.44. The molecule has 7 rings (SSSR count). The first kappa shape index (κ1) is 109. The van der Waals surface area contributed by atoms with Gasteiger partial charge >= 0.3 is 7.82 Å². The van der Waals surface area contributed by atoms with Crippen LogP contribution in [0.15, 0.2) is 66.7 Å². The van der Waals surface area contributed by atoms with Crippen molar-refractivity contribution in [1.29, 1.82) is 0 Å². The highest BCUT2D eigenvalue weighted by molar-refractivity contribution is 7.47. The molecule has 2 saturated heterocycles. The molecule has 17 N–H and O–H groups in total. The standard InChI is InChI=1S/C87H133N14O30P/c1-57(2)17-16-41-129-132(119,120)128-40-13-5-12-29-88-71(108)24-25-75(112)100-54-60-18-6-7-19-64(60)76-79(65-20-8-9-21-66(65)100)101(99-98-76)37-44-122-46-48-124-50-49-123-47-45-121-42-28-74(111)93-36-43-125-63-52-61(84(117)94-30-26-72(109)91-34-32-89-69(106)22-10-14-38-126-86-77(96-58(3)104)82(115)80(113)67(55-102)130-86)51-62(53-63)85(118)95-31-27-73(110)92-35-33-90-70(107)23-11-15-39-127-87-78(97-59(4)105)83(116)81(114)68(56-103)131-87/h6-9,18-21,51-53,57,67-68,77-78,80-83,86-87,102-103,113-116H,5,10-17,22-50,54-56H2,1-4H3,(H,88,108)(H,89,106)(H,90,107)(H,91,109)(H,92,110)(H,93,111)(H,94,117)(H,95,118)(H,96,104)(H,97,105)(H,119,120). The van der Waals surface area contributed by atoms with E-state index >= 15 is 0 Å². The van der Waals surface area contributed by atoms with E-state index in [-0.39, 0.29) is 230 Å². The Hall–Kier alpha value is -9.68. The molecule has 44 nitrogen and oxygen atoms in total. The summed E-state index contributed by atoms with van der Waals surface area (Å²) in [6, 6.07) is 17.0. The van der Waals surface area contributed by atoms with E-state index in [0.29, 0.717) is 87.4 Å². The molecule has 1 aromatic heterocycles. The minimum atomic E-state index is -4.12. The number of hydrogen-bond donors (Lipinski definition) is 17. The Labute approximate surface area is 766 Å². The number of phosphoric ester groups is 1. The van der Waals surface area contributed by atoms with Crippen LogP contribution in [-0.2, 0) is 108 Å². The number of aromatic nitrogens is 3. The molecule has 2 fully saturated rings. The third-order valence-electron chi connectivity index (χ3n) is 20.9. The quantitative estimate of drug-likeness (QED) is 0.0199. The number of fused-ring (bicyclic) bond motifs is 5. The fraction of sp³-hybridized carbons (Fsp3) is 0.644. The number of anilines is 1. The Balaban J connectivity index is 0.770. The van der Waals surface area contributed by atoms with Crippen LogP contribution in [0.25, 0.3) is 22.5 Å². The topological polar surface area (TPSA) is 602 Å². The normalized spacial score (nSPS) is 19.0. The Morgan fingerprint density at radius 3 is 1.46 bits per heavy atom. The molecule has 4 aromatic rings. The molecular weight excluding hydrogens is 1750 g/mol. The van der Waals surface area contributed by atoms with Gasteiger partial charge in [-0.25, -0.2) is 9.25 Å². The highest BCUT2D eigenvalue weighted by Gasteiger charge is 2.47. The van der Waals surface area contributed by atoms with E-state index in [2.05, 4.69) is 77.3 Å². The fourth-order valence-electron chi connectivity index (χ4n) is 14.0. The molecule has 0 spiro atoms. The van der Waals surface area contributed by atoms with E-state index in [0.717, 1.165) is 23.1 Å². The van der Waals surface area contributed by atoms with Gasteiger partial charge in [-0.15, -0.1) is 5.10 Å². The molecule has 11 unspecified atom stereocenters. The first-order chi connectivity index (χ1) is 63.6. The van der Waals surface area contributed by atoms with Crippen LogP contribution in [-0.4, -0.2) is 328 Å². The maximum absolute atomic E-state index is 14.2. The average molecular weight is 1890 g/mol. The molecule has 0 bridgehead atoms. The Kier molecular flexibility index (Phi) is 50.2. The van der Waals surface area contributed by atoms with Gasteiger partial charge in [0.1, 0.15) is 66.8 Å². The van der Waals surface area contributed by atoms with Crippen molar-refractivity contribution in [2.24, 2.45) is 5.92 Å². The zero-order valence-electron chi connectivity index (χ0n) is 75.4. The largest absolute Gasteiger partial charge is 0.492 e. The van der Waals surface area contributed by atoms with Crippen molar-refractivity contribution in [1.82, 2.24) is 68.2 Å². The fourth-order valence-corrected chi connectivity index (χ4v) is 14.8. The molecule has 0 radical (unpaired) electrons. The first-order valence-electron chi connectivity index (χ1n) is 44.9. The smallest absolute Gasteiger partial charge is 0.472 e. The van der Waals surface area contributed by atoms with Crippen molar-refractivity contribution in [2.75, 3.05) is 156 Å². The number of aliphatic hydroxyl groups is 6. The van der Waals surface area contributed by atoms with Gasteiger partial charge in [-0.05, 0) is 93.5 Å². The van der Waals surface area contributed by atoms with Crippen LogP contribution < -0.4 is 62.8 Å². The lowest BCUT2D eigenvalue weighted by molar-refractivity contribution is -0.270. The van der Waals surface area contributed by atoms with Gasteiger partial charge in [0.15, 0.2) is 12.6 Å². The Bertz CT molecular complexity index is 4180. The number of phosphoric acid groups is 1. The van der Waals surface area contributed by atoms with Gasteiger partial charge in [0, 0.05) is 140 Å². The number of ether oxygens (including phenoxy) is 9. The second kappa shape index (κ2) is 60.5. The predicted molar refractivity (Wildman–Crippen MR) is 473 cm³/mol. The van der Waals surface area contributed by atoms with E-state index < -0.39 is 118 Å². The summed E-state index contributed by atoms with van der Waals surface area (Å²) < 4.78 is 75.4. The molecule has 132 heavy (non-hydrogen) atoms. The number of aliphatic hydroxyl groups excluding tert-OH is 6. The predicted octanol–water partition coefficient (Wildman–Crippen LogP) is -0.287. The lowest BCUT2D eigenvalue weighted by Crippen LogP contribution is -2.64. The third kappa shape index (κ3) is 39.9. The minimum Gasteiger partial charge on any atom is -0.492 e. The lowest BCUT2D eigenvalue weighted by Gasteiger charge is -2.42. The van der Waals surface area contributed by atoms with Crippen molar-refractivity contribution in [3.63, 3.8) is 0 Å². The van der Waals surface area contributed by atoms with Crippen molar-refractivity contribution in [3.8, 4) is 28.3 Å². The maximum atomic E-state index is 14.2. The first-order valence-corrected chi connectivity index (χ1v) is 46.4. The maximum Gasteiger partial charge on any atom is 0.472 e. The molecule has 11 amide bonds. The van der Waals surface area contributed by atoms with Gasteiger partial charge in [-0.1, -0.05) is 61.5 Å². The number of rotatable bonds is 64. The van der Waals surface area contributed by atoms with E-state index in [1.165, 1.54) is 32.0 Å². The van der Waals surface area contributed by atoms with E-state index in [1.54, 1.807) is 9.58 Å². The number of carbonyl (C=O) groups excluding carboxylic acids is 11. The zero-order chi connectivity index (χ0) is 95.6. The molecule has 3 aliphatic rings. The number of para-hydroxylation sites is 1. The molecule has 45 heteroatoms. The van der Waals surface area contributed by atoms with Crippen LogP contribution in [0, 0.1) is 5.92 Å². The summed E-state index contributed by atoms with van der Waals surface area (Å²) >= 11 is 0. The summed E-state index contributed by atoms with van der Waals surface area (Å²) in [6.07, 6.45) is -5.95. The summed E-state index contributed by atoms with van der Waals surface area (Å²) in [5.74, 6) is -4.24. The molecule has 11 atom stereocenters. The van der Waals surface area contributed by atoms with Crippen LogP contribution in [0.4, 0.5) is 5.69 Å². The molecular formula is C87H133N14O30P. The number of hydrogen-bond acceptors (Lipinski definition) is 31. The van der Waals surface area contributed by atoms with Crippen LogP contribution >= 0.6 is 7.82 Å². The Morgan fingerprint density at radius 1 is 0.470 bits per heavy atom. The lowest BCUT2D eigenvalue weighted by atomic mass is 9.95. The van der Waals surface area contributed by atoms with Crippen molar-refractivity contribution in [2.45, 2.75) is 205 Å². The van der Waals surface area contributed by atoms with Crippen LogP contribution in [0.5, 0.6) is 5.75 Å². The third-order valence-corrected chi connectivity index (χ3v) is 21.9. The summed E-state index contributed by atoms with van der Waals surface area (Å²) in [5.41, 5.74) is 4.33. The van der Waals surface area contributed by atoms with Crippen LogP contribution in [0.3, 0.4) is 0 Å². The van der Waals surface area contributed by atoms with Gasteiger partial charge in [0.25, 0.3) is 11.8 Å². The average Bonchev–Trinajstić information content (AvgIpc) is 1.62. The summed E-state index contributed by atoms with van der Waals surface area (Å²) in [4.78, 5) is 153. The van der Waals surface area contributed by atoms with Gasteiger partial charge in [0.05, 0.1) is 110 Å². The monoisotopic (exact) mass is 1880 g/mol. The van der Waals surface area contributed by atoms with Gasteiger partial charge in [0.2, 0.25) is 53.2 Å². The van der Waals surface area contributed by atoms with Crippen LogP contribution in [0.1, 0.15) is 157 Å². The number of nitrogens with one attached hydrogen (secondary N) is 10. The number of carbonyl (C=O) groups is 11. The summed E-state index contributed by atoms with van der Waals surface area (Å²) in [7, 11) is -4.12. The molecule has 4 heterocycles. The molecule has 3 aromatic carbocycles. The van der Waals surface area contributed by atoms with Gasteiger partial charge in [-0.3, -0.25) is 61.8 Å². The second-order valence-electron chi connectivity index (χ2n) is 31.8. The molecule has 0 saturated carbocycles. The minimum absolute atomic E-state index is 0.00355. The van der Waals surface area contributed by atoms with E-state index in [9.17, 15) is 92.8 Å². The SMILES string of the molecule is CC(=O)NC1C(OCCCCC(=O)NCCNC(=O)CCNC(=O)c2cc(OCCNC(=O)CCOCCOCCOCCOCCn3nnc4c3-c3ccccc3N(C(=O)CCC(=O)NCCCCCOP(=O)(O)OCCCC(C)C)Cc3ccccc3-4)cc(C(=O)NCCC(=O)NCCNC(=O)CCCCOC3OC(CO)C(O)C(O)C3NC(C)=O)c2)OC(CO)C(O)C1O. The number of benzene rings is 3. The highest BCUT2D eigenvalue weighted by atomic mass is 31.2. The number of nitrogens with zero attached hydrogens (tertiary/aromatic N) is 4. The summed E-state index contributed by atoms with van der Waals surface area (Å²) in [6.45, 7) is 8.37. The number of amides is 11. The summed E-state index contributed by atoms with van der Waals surface area (Å²) in [5, 5.41) is 96.2. The van der Waals surface area contributed by atoms with E-state index in [1.807, 2.05) is 48.5 Å². The van der Waals surface area contributed by atoms with Gasteiger partial charge in [-0.2, -0.15) is 0 Å². The van der Waals surface area contributed by atoms with E-state index in [4.69, 9.17) is 51.7 Å². The molecule has 3 aliphatic heterocycles. The molecule has 0 aliphatic carbocycles. The molecule has 736 valence electrons. The van der Waals surface area contributed by atoms with Gasteiger partial charge < -0.3 is 136 Å².